The Balaban J connectivity index is 0.00000441. The molecule has 0 aliphatic carbocycles. The summed E-state index contributed by atoms with van der Waals surface area (Å²) < 4.78 is 5.35. The van der Waals surface area contributed by atoms with Crippen LogP contribution in [0.2, 0.25) is 0 Å². The predicted molar refractivity (Wildman–Crippen MR) is 97.5 cm³/mol. The van der Waals surface area contributed by atoms with E-state index in [1.54, 1.807) is 4.90 Å². The second-order valence-corrected chi connectivity index (χ2v) is 6.44. The van der Waals surface area contributed by atoms with Gasteiger partial charge in [-0.2, -0.15) is 0 Å². The van der Waals surface area contributed by atoms with Crippen LogP contribution in [0.5, 0.6) is 0 Å². The van der Waals surface area contributed by atoms with E-state index in [4.69, 9.17) is 15.6 Å². The molecule has 1 amide bonds. The van der Waals surface area contributed by atoms with Crippen LogP contribution < -0.4 is 5.73 Å². The molecule has 3 N–H and O–H groups in total. The third-order valence-electron chi connectivity index (χ3n) is 3.13. The molecule has 1 heterocycles. The van der Waals surface area contributed by atoms with Crippen molar-refractivity contribution in [2.75, 3.05) is 39.3 Å². The maximum Gasteiger partial charge on any atom is 0.410 e. The van der Waals surface area contributed by atoms with Crippen LogP contribution in [-0.2, 0) is 4.74 Å². The molecule has 1 saturated heterocycles. The van der Waals surface area contributed by atoms with Gasteiger partial charge in [-0.1, -0.05) is 6.92 Å². The van der Waals surface area contributed by atoms with E-state index in [2.05, 4.69) is 4.99 Å². The molecule has 8 heteroatoms. The molecule has 130 valence electrons. The smallest absolute Gasteiger partial charge is 0.410 e. The topological polar surface area (TPSA) is 91.4 Å². The van der Waals surface area contributed by atoms with Gasteiger partial charge >= 0.3 is 6.09 Å². The zero-order valence-corrected chi connectivity index (χ0v) is 16.2. The fourth-order valence-corrected chi connectivity index (χ4v) is 1.85. The number of carbonyl (C=O) groups excluding carboxylic acids is 1. The van der Waals surface area contributed by atoms with Crippen molar-refractivity contribution in [3.8, 4) is 0 Å². The number of halogens is 1. The van der Waals surface area contributed by atoms with Crippen molar-refractivity contribution in [1.29, 1.82) is 0 Å². The number of nitrogens with two attached hydrogens (primary N) is 1. The molecule has 7 nitrogen and oxygen atoms in total. The molecule has 0 radical (unpaired) electrons. The van der Waals surface area contributed by atoms with Gasteiger partial charge in [-0.25, -0.2) is 4.79 Å². The first-order chi connectivity index (χ1) is 9.73. The summed E-state index contributed by atoms with van der Waals surface area (Å²) in [7, 11) is 0. The van der Waals surface area contributed by atoms with Gasteiger partial charge in [0.1, 0.15) is 5.60 Å². The average molecular weight is 428 g/mol. The SMILES string of the molecule is CC(CO)CN=C(N)N1CCN(C(=O)OC(C)(C)C)CC1.I. The lowest BCUT2D eigenvalue weighted by Gasteiger charge is -2.36. The summed E-state index contributed by atoms with van der Waals surface area (Å²) in [4.78, 5) is 19.8. The number of aliphatic hydroxyl groups is 1. The normalized spacial score (nSPS) is 17.8. The van der Waals surface area contributed by atoms with Crippen molar-refractivity contribution in [3.05, 3.63) is 0 Å². The highest BCUT2D eigenvalue weighted by Crippen LogP contribution is 2.11. The van der Waals surface area contributed by atoms with Crippen LogP contribution in [0.3, 0.4) is 0 Å². The number of carbonyl (C=O) groups is 1. The maximum atomic E-state index is 11.9. The van der Waals surface area contributed by atoms with Crippen LogP contribution >= 0.6 is 24.0 Å². The van der Waals surface area contributed by atoms with Crippen molar-refractivity contribution in [1.82, 2.24) is 9.80 Å². The lowest BCUT2D eigenvalue weighted by molar-refractivity contribution is 0.0186. The Hall–Kier alpha value is -0.770. The van der Waals surface area contributed by atoms with E-state index in [0.29, 0.717) is 38.7 Å². The molecule has 0 aromatic heterocycles. The molecular weight excluding hydrogens is 399 g/mol. The summed E-state index contributed by atoms with van der Waals surface area (Å²) >= 11 is 0. The minimum Gasteiger partial charge on any atom is -0.444 e. The summed E-state index contributed by atoms with van der Waals surface area (Å²) in [5, 5.41) is 8.96. The quantitative estimate of drug-likeness (QED) is 0.399. The van der Waals surface area contributed by atoms with Gasteiger partial charge < -0.3 is 25.4 Å². The molecule has 1 rings (SSSR count). The number of hydrogen-bond donors (Lipinski definition) is 2. The number of piperazine rings is 1. The first-order valence-electron chi connectivity index (χ1n) is 7.36. The summed E-state index contributed by atoms with van der Waals surface area (Å²) in [5.74, 6) is 0.575. The van der Waals surface area contributed by atoms with Gasteiger partial charge in [-0.05, 0) is 26.7 Å². The van der Waals surface area contributed by atoms with E-state index < -0.39 is 5.60 Å². The summed E-state index contributed by atoms with van der Waals surface area (Å²) in [6.07, 6.45) is -0.286. The number of rotatable bonds is 3. The van der Waals surface area contributed by atoms with Gasteiger partial charge in [0.25, 0.3) is 0 Å². The molecule has 0 saturated carbocycles. The number of guanidine groups is 1. The monoisotopic (exact) mass is 428 g/mol. The number of aliphatic hydroxyl groups excluding tert-OH is 1. The molecule has 1 aliphatic heterocycles. The van der Waals surface area contributed by atoms with Gasteiger partial charge in [-0.3, -0.25) is 4.99 Å². The van der Waals surface area contributed by atoms with Crippen LogP contribution in [0.25, 0.3) is 0 Å². The van der Waals surface area contributed by atoms with Gasteiger partial charge in [0.05, 0.1) is 0 Å². The Kier molecular flexibility index (Phi) is 9.06. The summed E-state index contributed by atoms with van der Waals surface area (Å²) in [6.45, 7) is 10.5. The van der Waals surface area contributed by atoms with Crippen LogP contribution in [-0.4, -0.2) is 71.9 Å². The minimum absolute atomic E-state index is 0. The molecule has 1 atom stereocenters. The lowest BCUT2D eigenvalue weighted by Crippen LogP contribution is -2.53. The van der Waals surface area contributed by atoms with E-state index in [1.165, 1.54) is 0 Å². The summed E-state index contributed by atoms with van der Waals surface area (Å²) in [6, 6.07) is 0. The van der Waals surface area contributed by atoms with Gasteiger partial charge in [-0.15, -0.1) is 24.0 Å². The first-order valence-corrected chi connectivity index (χ1v) is 7.36. The Morgan fingerprint density at radius 2 is 1.77 bits per heavy atom. The largest absolute Gasteiger partial charge is 0.444 e. The number of ether oxygens (including phenoxy) is 1. The highest BCUT2D eigenvalue weighted by atomic mass is 127. The van der Waals surface area contributed by atoms with Crippen molar-refractivity contribution < 1.29 is 14.6 Å². The van der Waals surface area contributed by atoms with Crippen LogP contribution in [0.15, 0.2) is 4.99 Å². The second-order valence-electron chi connectivity index (χ2n) is 6.44. The molecule has 0 aromatic rings. The van der Waals surface area contributed by atoms with Crippen molar-refractivity contribution in [3.63, 3.8) is 0 Å². The molecular formula is C14H29IN4O3. The molecule has 1 unspecified atom stereocenters. The Morgan fingerprint density at radius 1 is 1.27 bits per heavy atom. The Morgan fingerprint density at radius 3 is 2.23 bits per heavy atom. The van der Waals surface area contributed by atoms with E-state index in [1.807, 2.05) is 32.6 Å². The predicted octanol–water partition coefficient (Wildman–Crippen LogP) is 1.10. The van der Waals surface area contributed by atoms with Gasteiger partial charge in [0, 0.05) is 39.3 Å². The molecule has 1 aliphatic rings. The molecule has 22 heavy (non-hydrogen) atoms. The third kappa shape index (κ3) is 7.48. The zero-order chi connectivity index (χ0) is 16.0. The first kappa shape index (κ1) is 21.2. The van der Waals surface area contributed by atoms with Crippen LogP contribution in [0.1, 0.15) is 27.7 Å². The van der Waals surface area contributed by atoms with Crippen molar-refractivity contribution in [2.24, 2.45) is 16.6 Å². The van der Waals surface area contributed by atoms with Gasteiger partial charge in [0.15, 0.2) is 5.96 Å². The van der Waals surface area contributed by atoms with Crippen LogP contribution in [0, 0.1) is 5.92 Å². The van der Waals surface area contributed by atoms with Crippen molar-refractivity contribution in [2.45, 2.75) is 33.3 Å². The van der Waals surface area contributed by atoms with Gasteiger partial charge in [0.2, 0.25) is 0 Å². The molecule has 0 bridgehead atoms. The zero-order valence-electron chi connectivity index (χ0n) is 13.9. The lowest BCUT2D eigenvalue weighted by atomic mass is 10.2. The highest BCUT2D eigenvalue weighted by Gasteiger charge is 2.26. The molecule has 1 fully saturated rings. The standard InChI is InChI=1S/C14H28N4O3.HI/c1-11(10-19)9-16-12(15)17-5-7-18(8-6-17)13(20)21-14(2,3)4;/h11,19H,5-10H2,1-4H3,(H2,15,16);1H. The van der Waals surface area contributed by atoms with Crippen molar-refractivity contribution >= 4 is 36.0 Å². The highest BCUT2D eigenvalue weighted by molar-refractivity contribution is 14.0. The second kappa shape index (κ2) is 9.39. The summed E-state index contributed by atoms with van der Waals surface area (Å²) in [5.41, 5.74) is 5.46. The third-order valence-corrected chi connectivity index (χ3v) is 3.13. The number of hydrogen-bond acceptors (Lipinski definition) is 4. The average Bonchev–Trinajstić information content (AvgIpc) is 2.42. The van der Waals surface area contributed by atoms with E-state index in [0.717, 1.165) is 0 Å². The molecule has 0 spiro atoms. The van der Waals surface area contributed by atoms with E-state index in [-0.39, 0.29) is 42.6 Å². The fraction of sp³-hybridized carbons (Fsp3) is 0.857. The number of aliphatic imine (C=N–C) groups is 1. The number of amides is 1. The van der Waals surface area contributed by atoms with Crippen LogP contribution in [0.4, 0.5) is 4.79 Å². The van der Waals surface area contributed by atoms with E-state index in [9.17, 15) is 4.79 Å². The molecule has 0 aromatic carbocycles. The maximum absolute atomic E-state index is 11.9. The minimum atomic E-state index is -0.477. The Labute approximate surface area is 149 Å². The number of nitrogens with zero attached hydrogens (tertiary/aromatic N) is 3. The Bertz CT molecular complexity index is 377. The van der Waals surface area contributed by atoms with E-state index >= 15 is 0 Å². The fourth-order valence-electron chi connectivity index (χ4n) is 1.85.